The smallest absolute Gasteiger partial charge is 0.138 e. The molecule has 20 heavy (non-hydrogen) atoms. The summed E-state index contributed by atoms with van der Waals surface area (Å²) in [7, 11) is 0. The van der Waals surface area contributed by atoms with E-state index in [1.807, 2.05) is 17.7 Å². The van der Waals surface area contributed by atoms with Crippen molar-refractivity contribution in [2.75, 3.05) is 6.54 Å². The minimum atomic E-state index is -0.186. The molecule has 5 heteroatoms. The summed E-state index contributed by atoms with van der Waals surface area (Å²) >= 11 is 0. The summed E-state index contributed by atoms with van der Waals surface area (Å²) in [4.78, 5) is 4.31. The molecule has 2 aromatic rings. The standard InChI is InChI=1S/C15H21FN4/c1-3-17-14(9-12-6-5-7-13(16)8-12)10-15-18-11-19-20(15)4-2/h5-8,11,14,17H,3-4,9-10H2,1-2H3. The zero-order valence-corrected chi connectivity index (χ0v) is 12.0. The van der Waals surface area contributed by atoms with Gasteiger partial charge in [0.1, 0.15) is 18.0 Å². The zero-order valence-electron chi connectivity index (χ0n) is 12.0. The number of hydrogen-bond donors (Lipinski definition) is 1. The van der Waals surface area contributed by atoms with E-state index in [9.17, 15) is 4.39 Å². The highest BCUT2D eigenvalue weighted by atomic mass is 19.1. The molecule has 1 aromatic heterocycles. The molecule has 1 unspecified atom stereocenters. The molecule has 0 aliphatic heterocycles. The van der Waals surface area contributed by atoms with Crippen LogP contribution in [0, 0.1) is 5.82 Å². The van der Waals surface area contributed by atoms with Gasteiger partial charge in [0.05, 0.1) is 0 Å². The molecule has 1 N–H and O–H groups in total. The summed E-state index contributed by atoms with van der Waals surface area (Å²) in [5.74, 6) is 0.782. The van der Waals surface area contributed by atoms with E-state index in [0.717, 1.165) is 37.3 Å². The Balaban J connectivity index is 2.07. The Labute approximate surface area is 119 Å². The van der Waals surface area contributed by atoms with E-state index in [1.54, 1.807) is 18.5 Å². The maximum Gasteiger partial charge on any atom is 0.138 e. The fourth-order valence-corrected chi connectivity index (χ4v) is 2.38. The highest BCUT2D eigenvalue weighted by molar-refractivity contribution is 5.17. The molecule has 0 aliphatic rings. The number of nitrogens with one attached hydrogen (secondary N) is 1. The van der Waals surface area contributed by atoms with Crippen LogP contribution in [0.25, 0.3) is 0 Å². The summed E-state index contributed by atoms with van der Waals surface area (Å²) in [6.45, 7) is 5.81. The molecule has 1 aromatic carbocycles. The third-order valence-electron chi connectivity index (χ3n) is 3.29. The van der Waals surface area contributed by atoms with Gasteiger partial charge in [-0.25, -0.2) is 9.37 Å². The van der Waals surface area contributed by atoms with E-state index in [1.165, 1.54) is 6.07 Å². The maximum atomic E-state index is 13.3. The summed E-state index contributed by atoms with van der Waals surface area (Å²) < 4.78 is 15.2. The van der Waals surface area contributed by atoms with Crippen molar-refractivity contribution >= 4 is 0 Å². The van der Waals surface area contributed by atoms with Crippen LogP contribution in [0.15, 0.2) is 30.6 Å². The Bertz CT molecular complexity index is 538. The average Bonchev–Trinajstić information content (AvgIpc) is 2.86. The molecule has 2 rings (SSSR count). The van der Waals surface area contributed by atoms with Crippen LogP contribution in [0.5, 0.6) is 0 Å². The van der Waals surface area contributed by atoms with E-state index in [4.69, 9.17) is 0 Å². The van der Waals surface area contributed by atoms with Crippen molar-refractivity contribution in [3.8, 4) is 0 Å². The average molecular weight is 276 g/mol. The number of halogens is 1. The lowest BCUT2D eigenvalue weighted by Crippen LogP contribution is -2.34. The van der Waals surface area contributed by atoms with Gasteiger partial charge in [-0.1, -0.05) is 19.1 Å². The lowest BCUT2D eigenvalue weighted by atomic mass is 10.0. The predicted molar refractivity (Wildman–Crippen MR) is 77.0 cm³/mol. The van der Waals surface area contributed by atoms with E-state index < -0.39 is 0 Å². The number of benzene rings is 1. The normalized spacial score (nSPS) is 12.6. The first kappa shape index (κ1) is 14.7. The van der Waals surface area contributed by atoms with E-state index in [0.29, 0.717) is 0 Å². The van der Waals surface area contributed by atoms with Crippen molar-refractivity contribution in [1.29, 1.82) is 0 Å². The lowest BCUT2D eigenvalue weighted by Gasteiger charge is -2.18. The van der Waals surface area contributed by atoms with Crippen molar-refractivity contribution in [2.45, 2.75) is 39.3 Å². The summed E-state index contributed by atoms with van der Waals surface area (Å²) in [6, 6.07) is 7.01. The molecule has 0 saturated heterocycles. The van der Waals surface area contributed by atoms with Crippen molar-refractivity contribution in [3.63, 3.8) is 0 Å². The van der Waals surface area contributed by atoms with Crippen LogP contribution in [0.2, 0.25) is 0 Å². The predicted octanol–water partition coefficient (Wildman–Crippen LogP) is 2.20. The van der Waals surface area contributed by atoms with Crippen molar-refractivity contribution in [1.82, 2.24) is 20.1 Å². The first-order chi connectivity index (χ1) is 9.72. The Morgan fingerprint density at radius 1 is 1.30 bits per heavy atom. The minimum Gasteiger partial charge on any atom is -0.313 e. The number of nitrogens with zero attached hydrogens (tertiary/aromatic N) is 3. The molecule has 108 valence electrons. The van der Waals surface area contributed by atoms with E-state index in [2.05, 4.69) is 22.3 Å². The van der Waals surface area contributed by atoms with Crippen LogP contribution in [-0.4, -0.2) is 27.4 Å². The number of rotatable bonds is 7. The molecule has 0 saturated carbocycles. The second-order valence-corrected chi connectivity index (χ2v) is 4.78. The molecular formula is C15H21FN4. The van der Waals surface area contributed by atoms with Crippen LogP contribution < -0.4 is 5.32 Å². The molecular weight excluding hydrogens is 255 g/mol. The summed E-state index contributed by atoms with van der Waals surface area (Å²) in [5, 5.41) is 7.62. The third-order valence-corrected chi connectivity index (χ3v) is 3.29. The van der Waals surface area contributed by atoms with Crippen molar-refractivity contribution in [3.05, 3.63) is 47.8 Å². The molecule has 1 heterocycles. The fourth-order valence-electron chi connectivity index (χ4n) is 2.38. The molecule has 0 spiro atoms. The molecule has 0 amide bonds. The van der Waals surface area contributed by atoms with Gasteiger partial charge in [-0.2, -0.15) is 5.10 Å². The number of aromatic nitrogens is 3. The van der Waals surface area contributed by atoms with Crippen LogP contribution in [0.3, 0.4) is 0 Å². The van der Waals surface area contributed by atoms with Crippen LogP contribution in [0.4, 0.5) is 4.39 Å². The van der Waals surface area contributed by atoms with Gasteiger partial charge in [0, 0.05) is 19.0 Å². The first-order valence-electron chi connectivity index (χ1n) is 7.07. The first-order valence-corrected chi connectivity index (χ1v) is 7.07. The van der Waals surface area contributed by atoms with Crippen molar-refractivity contribution < 1.29 is 4.39 Å². The van der Waals surface area contributed by atoms with Gasteiger partial charge in [0.15, 0.2) is 0 Å². The number of aryl methyl sites for hydroxylation is 1. The number of hydrogen-bond acceptors (Lipinski definition) is 3. The second kappa shape index (κ2) is 7.14. The minimum absolute atomic E-state index is 0.186. The van der Waals surface area contributed by atoms with Crippen LogP contribution in [-0.2, 0) is 19.4 Å². The van der Waals surface area contributed by atoms with Gasteiger partial charge in [-0.05, 0) is 37.6 Å². The molecule has 4 nitrogen and oxygen atoms in total. The van der Waals surface area contributed by atoms with Gasteiger partial charge in [0.25, 0.3) is 0 Å². The van der Waals surface area contributed by atoms with Crippen molar-refractivity contribution in [2.24, 2.45) is 0 Å². The van der Waals surface area contributed by atoms with Crippen LogP contribution >= 0.6 is 0 Å². The van der Waals surface area contributed by atoms with Crippen LogP contribution in [0.1, 0.15) is 25.2 Å². The van der Waals surface area contributed by atoms with E-state index in [-0.39, 0.29) is 11.9 Å². The largest absolute Gasteiger partial charge is 0.313 e. The second-order valence-electron chi connectivity index (χ2n) is 4.78. The zero-order chi connectivity index (χ0) is 14.4. The number of likely N-dealkylation sites (N-methyl/N-ethyl adjacent to an activating group) is 1. The fraction of sp³-hybridized carbons (Fsp3) is 0.467. The molecule has 0 radical (unpaired) electrons. The molecule has 0 fully saturated rings. The highest BCUT2D eigenvalue weighted by Crippen LogP contribution is 2.09. The Hall–Kier alpha value is -1.75. The van der Waals surface area contributed by atoms with Gasteiger partial charge >= 0.3 is 0 Å². The molecule has 1 atom stereocenters. The SMILES string of the molecule is CCNC(Cc1cccc(F)c1)Cc1ncnn1CC. The monoisotopic (exact) mass is 276 g/mol. The Morgan fingerprint density at radius 3 is 2.85 bits per heavy atom. The van der Waals surface area contributed by atoms with Gasteiger partial charge in [-0.15, -0.1) is 0 Å². The highest BCUT2D eigenvalue weighted by Gasteiger charge is 2.13. The Kier molecular flexibility index (Phi) is 5.24. The quantitative estimate of drug-likeness (QED) is 0.843. The molecule has 0 aliphatic carbocycles. The topological polar surface area (TPSA) is 42.7 Å². The third kappa shape index (κ3) is 3.87. The maximum absolute atomic E-state index is 13.3. The summed E-state index contributed by atoms with van der Waals surface area (Å²) in [6.07, 6.45) is 3.16. The van der Waals surface area contributed by atoms with Gasteiger partial charge in [0.2, 0.25) is 0 Å². The molecule has 0 bridgehead atoms. The lowest BCUT2D eigenvalue weighted by molar-refractivity contribution is 0.489. The summed E-state index contributed by atoms with van der Waals surface area (Å²) in [5.41, 5.74) is 0.999. The van der Waals surface area contributed by atoms with Gasteiger partial charge in [-0.3, -0.25) is 4.68 Å². The van der Waals surface area contributed by atoms with Gasteiger partial charge < -0.3 is 5.32 Å². The van der Waals surface area contributed by atoms with E-state index >= 15 is 0 Å². The Morgan fingerprint density at radius 2 is 2.15 bits per heavy atom.